The summed E-state index contributed by atoms with van der Waals surface area (Å²) in [6.07, 6.45) is 2.66. The van der Waals surface area contributed by atoms with E-state index in [2.05, 4.69) is 26.6 Å². The predicted molar refractivity (Wildman–Crippen MR) is 133 cm³/mol. The van der Waals surface area contributed by atoms with E-state index in [0.29, 0.717) is 29.8 Å². The monoisotopic (exact) mass is 492 g/mol. The van der Waals surface area contributed by atoms with Crippen LogP contribution >= 0.6 is 0 Å². The van der Waals surface area contributed by atoms with Crippen molar-refractivity contribution in [2.45, 2.75) is 43.7 Å². The highest BCUT2D eigenvalue weighted by molar-refractivity contribution is 7.92. The van der Waals surface area contributed by atoms with E-state index < -0.39 is 10.0 Å². The Balaban J connectivity index is 1.53. The average Bonchev–Trinajstić information content (AvgIpc) is 3.37. The summed E-state index contributed by atoms with van der Waals surface area (Å²) in [4.78, 5) is 22.4. The van der Waals surface area contributed by atoms with Gasteiger partial charge in [0.2, 0.25) is 11.8 Å². The number of likely N-dealkylation sites (tertiary alicyclic amines) is 1. The van der Waals surface area contributed by atoms with Crippen molar-refractivity contribution in [2.24, 2.45) is 5.92 Å². The van der Waals surface area contributed by atoms with E-state index in [9.17, 15) is 13.2 Å². The molecule has 5 rings (SSSR count). The molecular formula is C26H28N4O4S. The molecule has 1 aliphatic heterocycles. The highest BCUT2D eigenvalue weighted by Crippen LogP contribution is 2.39. The molecule has 1 saturated heterocycles. The quantitative estimate of drug-likeness (QED) is 0.500. The Labute approximate surface area is 205 Å². The van der Waals surface area contributed by atoms with Crippen LogP contribution in [0.1, 0.15) is 34.3 Å². The molecule has 0 spiro atoms. The van der Waals surface area contributed by atoms with Gasteiger partial charge in [0.25, 0.3) is 10.0 Å². The lowest BCUT2D eigenvalue weighted by atomic mass is 10.00. The van der Waals surface area contributed by atoms with Gasteiger partial charge in [-0.25, -0.2) is 18.1 Å². The maximum atomic E-state index is 13.1. The van der Waals surface area contributed by atoms with E-state index in [1.807, 2.05) is 32.0 Å². The van der Waals surface area contributed by atoms with Crippen LogP contribution < -0.4 is 9.46 Å². The lowest BCUT2D eigenvalue weighted by Gasteiger charge is -2.30. The van der Waals surface area contributed by atoms with Crippen molar-refractivity contribution in [2.75, 3.05) is 18.3 Å². The lowest BCUT2D eigenvalue weighted by molar-refractivity contribution is 0.0870. The van der Waals surface area contributed by atoms with E-state index in [1.54, 1.807) is 12.1 Å². The van der Waals surface area contributed by atoms with E-state index >= 15 is 0 Å². The highest BCUT2D eigenvalue weighted by Gasteiger charge is 2.44. The molecule has 3 unspecified atom stereocenters. The third kappa shape index (κ3) is 4.66. The van der Waals surface area contributed by atoms with Gasteiger partial charge < -0.3 is 4.74 Å². The second-order valence-corrected chi connectivity index (χ2v) is 11.2. The van der Waals surface area contributed by atoms with Gasteiger partial charge in [-0.3, -0.25) is 9.69 Å². The molecule has 9 heteroatoms. The standard InChI is InChI=1S/C26H28N4O4S/c1-16-6-4-7-17(2)25(16)21-13-24(34-23-12-19-11-22(23)30(3)14-19)28-26(27-21)29-35(32,33)20-9-5-8-18(10-20)15-31/h4-10,13,15,19,22-23H,11-12,14H2,1-3H3,(H,27,28,29). The number of hydrogen-bond donors (Lipinski definition) is 1. The molecule has 8 nitrogen and oxygen atoms in total. The Morgan fingerprint density at radius 2 is 1.80 bits per heavy atom. The normalized spacial score (nSPS) is 21.7. The second-order valence-electron chi connectivity index (χ2n) is 9.48. The number of sulfonamides is 1. The molecule has 3 atom stereocenters. The topological polar surface area (TPSA) is 101 Å². The van der Waals surface area contributed by atoms with E-state index in [0.717, 1.165) is 36.1 Å². The zero-order chi connectivity index (χ0) is 24.7. The smallest absolute Gasteiger partial charge is 0.264 e. The van der Waals surface area contributed by atoms with Crippen molar-refractivity contribution in [1.82, 2.24) is 14.9 Å². The van der Waals surface area contributed by atoms with Crippen LogP contribution in [0.5, 0.6) is 5.88 Å². The first-order valence-corrected chi connectivity index (χ1v) is 13.1. The number of anilines is 1. The number of nitrogens with one attached hydrogen (secondary N) is 1. The summed E-state index contributed by atoms with van der Waals surface area (Å²) in [5.41, 5.74) is 3.79. The minimum absolute atomic E-state index is 0.00630. The van der Waals surface area contributed by atoms with Gasteiger partial charge in [0.1, 0.15) is 12.4 Å². The average molecular weight is 493 g/mol. The Morgan fingerprint density at radius 3 is 2.49 bits per heavy atom. The first-order valence-electron chi connectivity index (χ1n) is 11.6. The van der Waals surface area contributed by atoms with Crippen LogP contribution in [0.2, 0.25) is 0 Å². The number of benzene rings is 2. The molecule has 1 saturated carbocycles. The molecule has 1 aromatic heterocycles. The fraction of sp³-hybridized carbons (Fsp3) is 0.346. The molecule has 2 heterocycles. The maximum Gasteiger partial charge on any atom is 0.264 e. The number of carbonyl (C=O) groups excluding carboxylic acids is 1. The Kier molecular flexibility index (Phi) is 6.06. The van der Waals surface area contributed by atoms with Crippen LogP contribution in [-0.2, 0) is 10.0 Å². The molecule has 182 valence electrons. The number of aldehydes is 1. The zero-order valence-electron chi connectivity index (χ0n) is 19.9. The van der Waals surface area contributed by atoms with Gasteiger partial charge in [-0.2, -0.15) is 4.98 Å². The lowest BCUT2D eigenvalue weighted by Crippen LogP contribution is -2.41. The number of carbonyl (C=O) groups is 1. The van der Waals surface area contributed by atoms with Crippen LogP contribution in [0.15, 0.2) is 53.4 Å². The van der Waals surface area contributed by atoms with Crippen molar-refractivity contribution in [3.63, 3.8) is 0 Å². The Bertz CT molecular complexity index is 1370. The fourth-order valence-corrected chi connectivity index (χ4v) is 6.32. The summed E-state index contributed by atoms with van der Waals surface area (Å²) >= 11 is 0. The van der Waals surface area contributed by atoms with Crippen molar-refractivity contribution in [1.29, 1.82) is 0 Å². The first kappa shape index (κ1) is 23.4. The largest absolute Gasteiger partial charge is 0.473 e. The van der Waals surface area contributed by atoms with Crippen LogP contribution in [-0.4, -0.2) is 55.3 Å². The molecule has 3 aromatic rings. The third-order valence-corrected chi connectivity index (χ3v) is 8.25. The van der Waals surface area contributed by atoms with E-state index in [4.69, 9.17) is 4.74 Å². The summed E-state index contributed by atoms with van der Waals surface area (Å²) in [7, 11) is -1.92. The molecule has 2 bridgehead atoms. The number of hydrogen-bond acceptors (Lipinski definition) is 7. The molecule has 2 aromatic carbocycles. The first-order chi connectivity index (χ1) is 16.7. The van der Waals surface area contributed by atoms with Crippen LogP contribution in [0.25, 0.3) is 11.3 Å². The zero-order valence-corrected chi connectivity index (χ0v) is 20.7. The number of piperidine rings is 1. The summed E-state index contributed by atoms with van der Waals surface area (Å²) in [5, 5.41) is 0. The number of likely N-dealkylation sites (N-methyl/N-ethyl adjacent to an activating group) is 1. The van der Waals surface area contributed by atoms with E-state index in [-0.39, 0.29) is 22.5 Å². The minimum Gasteiger partial charge on any atom is -0.473 e. The summed E-state index contributed by atoms with van der Waals surface area (Å²) in [6, 6.07) is 13.9. The number of aromatic nitrogens is 2. The summed E-state index contributed by atoms with van der Waals surface area (Å²) in [6.45, 7) is 5.06. The molecule has 0 radical (unpaired) electrons. The third-order valence-electron chi connectivity index (χ3n) is 6.92. The van der Waals surface area contributed by atoms with Gasteiger partial charge in [0.15, 0.2) is 0 Å². The SMILES string of the molecule is Cc1cccc(C)c1-c1cc(OC2CC3CC2N(C)C3)nc(NS(=O)(=O)c2cccc(C=O)c2)n1. The van der Waals surface area contributed by atoms with Gasteiger partial charge in [-0.05, 0) is 62.9 Å². The number of rotatable bonds is 7. The summed E-state index contributed by atoms with van der Waals surface area (Å²) in [5.74, 6) is 0.870. The van der Waals surface area contributed by atoms with Gasteiger partial charge in [-0.1, -0.05) is 30.3 Å². The van der Waals surface area contributed by atoms with Crippen LogP contribution in [0.4, 0.5) is 5.95 Å². The van der Waals surface area contributed by atoms with Crippen LogP contribution in [0, 0.1) is 19.8 Å². The molecule has 2 fully saturated rings. The predicted octanol–water partition coefficient (Wildman–Crippen LogP) is 3.85. The maximum absolute atomic E-state index is 13.1. The number of ether oxygens (including phenoxy) is 1. The number of fused-ring (bicyclic) bond motifs is 2. The second kappa shape index (κ2) is 9.05. The molecule has 0 amide bonds. The van der Waals surface area contributed by atoms with Gasteiger partial charge in [0, 0.05) is 29.8 Å². The molecular weight excluding hydrogens is 464 g/mol. The molecule has 1 N–H and O–H groups in total. The molecule has 35 heavy (non-hydrogen) atoms. The summed E-state index contributed by atoms with van der Waals surface area (Å²) < 4.78 is 35.0. The molecule has 2 aliphatic rings. The Morgan fingerprint density at radius 1 is 1.06 bits per heavy atom. The van der Waals surface area contributed by atoms with Gasteiger partial charge in [-0.15, -0.1) is 0 Å². The Hall–Kier alpha value is -3.30. The van der Waals surface area contributed by atoms with Gasteiger partial charge >= 0.3 is 0 Å². The number of nitrogens with zero attached hydrogens (tertiary/aromatic N) is 3. The van der Waals surface area contributed by atoms with Crippen LogP contribution in [0.3, 0.4) is 0 Å². The number of aryl methyl sites for hydroxylation is 2. The highest BCUT2D eigenvalue weighted by atomic mass is 32.2. The fourth-order valence-electron chi connectivity index (χ4n) is 5.32. The van der Waals surface area contributed by atoms with Gasteiger partial charge in [0.05, 0.1) is 10.6 Å². The van der Waals surface area contributed by atoms with Crippen molar-refractivity contribution >= 4 is 22.3 Å². The van der Waals surface area contributed by atoms with E-state index in [1.165, 1.54) is 18.2 Å². The van der Waals surface area contributed by atoms with Crippen molar-refractivity contribution in [3.05, 3.63) is 65.2 Å². The molecule has 1 aliphatic carbocycles. The minimum atomic E-state index is -4.02. The van der Waals surface area contributed by atoms with Crippen molar-refractivity contribution < 1.29 is 17.9 Å². The van der Waals surface area contributed by atoms with Crippen molar-refractivity contribution in [3.8, 4) is 17.1 Å².